The second-order valence-corrected chi connectivity index (χ2v) is 7.91. The second kappa shape index (κ2) is 7.79. The molecule has 4 nitrogen and oxygen atoms in total. The number of aliphatic carboxylic acids is 1. The predicted molar refractivity (Wildman–Crippen MR) is 110 cm³/mol. The highest BCUT2D eigenvalue weighted by Crippen LogP contribution is 2.36. The molecule has 0 aliphatic carbocycles. The van der Waals surface area contributed by atoms with E-state index in [-0.39, 0.29) is 12.0 Å². The first-order valence-electron chi connectivity index (χ1n) is 9.19. The Hall–Kier alpha value is -2.24. The van der Waals surface area contributed by atoms with Crippen LogP contribution in [0, 0.1) is 5.92 Å². The molecule has 1 N–H and O–H groups in total. The van der Waals surface area contributed by atoms with E-state index in [1.165, 1.54) is 0 Å². The number of piperidine rings is 1. The Morgan fingerprint density at radius 3 is 2.78 bits per heavy atom. The molecule has 1 aliphatic heterocycles. The van der Waals surface area contributed by atoms with Gasteiger partial charge in [0.1, 0.15) is 0 Å². The van der Waals surface area contributed by atoms with E-state index >= 15 is 0 Å². The first kappa shape index (κ1) is 18.1. The van der Waals surface area contributed by atoms with Crippen molar-refractivity contribution in [3.8, 4) is 0 Å². The fraction of sp³-hybridized carbons (Fsp3) is 0.273. The number of fused-ring (bicyclic) bond motifs is 1. The molecule has 2 unspecified atom stereocenters. The van der Waals surface area contributed by atoms with Gasteiger partial charge >= 0.3 is 5.97 Å². The first-order valence-corrected chi connectivity index (χ1v) is 9.99. The number of likely N-dealkylation sites (tertiary alicyclic amines) is 1. The second-order valence-electron chi connectivity index (χ2n) is 7.06. The van der Waals surface area contributed by atoms with Crippen LogP contribution in [-0.2, 0) is 4.79 Å². The van der Waals surface area contributed by atoms with Gasteiger partial charge in [0.05, 0.1) is 17.5 Å². The quantitative estimate of drug-likeness (QED) is 0.647. The summed E-state index contributed by atoms with van der Waals surface area (Å²) in [5.41, 5.74) is 3.20. The molecule has 1 saturated heterocycles. The number of rotatable bonds is 4. The smallest absolute Gasteiger partial charge is 0.307 e. The average molecular weight is 425 g/mol. The monoisotopic (exact) mass is 424 g/mol. The number of hydrogen-bond acceptors (Lipinski definition) is 3. The summed E-state index contributed by atoms with van der Waals surface area (Å²) in [6, 6.07) is 18.4. The van der Waals surface area contributed by atoms with E-state index < -0.39 is 5.97 Å². The molecule has 0 saturated carbocycles. The van der Waals surface area contributed by atoms with Crippen LogP contribution in [0.1, 0.15) is 30.0 Å². The number of para-hydroxylation sites is 1. The first-order chi connectivity index (χ1) is 13.1. The minimum atomic E-state index is -0.706. The van der Waals surface area contributed by atoms with E-state index in [0.29, 0.717) is 6.54 Å². The van der Waals surface area contributed by atoms with Crippen LogP contribution < -0.4 is 0 Å². The third-order valence-electron chi connectivity index (χ3n) is 5.29. The maximum absolute atomic E-state index is 11.6. The van der Waals surface area contributed by atoms with Crippen molar-refractivity contribution in [2.45, 2.75) is 18.9 Å². The molecular weight excluding hydrogens is 404 g/mol. The maximum Gasteiger partial charge on any atom is 0.307 e. The number of benzene rings is 2. The van der Waals surface area contributed by atoms with E-state index in [9.17, 15) is 9.90 Å². The fourth-order valence-corrected chi connectivity index (χ4v) is 4.47. The number of carboxylic acids is 1. The SMILES string of the molecule is O=C(O)C1CCCN(C(c2cnc3ccccc3c2)c2ccccc2Br)C1. The largest absolute Gasteiger partial charge is 0.481 e. The summed E-state index contributed by atoms with van der Waals surface area (Å²) >= 11 is 3.69. The van der Waals surface area contributed by atoms with Gasteiger partial charge in [-0.25, -0.2) is 0 Å². The van der Waals surface area contributed by atoms with Crippen LogP contribution in [0.4, 0.5) is 0 Å². The standard InChI is InChI=1S/C22H21BrN2O2/c23-19-9-3-2-8-18(19)21(25-11-5-7-16(14-25)22(26)27)17-12-15-6-1-4-10-20(15)24-13-17/h1-4,6,8-10,12-13,16,21H,5,7,11,14H2,(H,26,27). The van der Waals surface area contributed by atoms with Crippen molar-refractivity contribution in [1.29, 1.82) is 0 Å². The number of nitrogens with zero attached hydrogens (tertiary/aromatic N) is 2. The van der Waals surface area contributed by atoms with Crippen molar-refractivity contribution in [2.24, 2.45) is 5.92 Å². The van der Waals surface area contributed by atoms with E-state index in [2.05, 4.69) is 44.0 Å². The number of aromatic nitrogens is 1. The van der Waals surface area contributed by atoms with Crippen molar-refractivity contribution >= 4 is 32.8 Å². The fourth-order valence-electron chi connectivity index (χ4n) is 3.96. The molecular formula is C22H21BrN2O2. The summed E-state index contributed by atoms with van der Waals surface area (Å²) in [6.07, 6.45) is 3.56. The Balaban J connectivity index is 1.80. The molecule has 1 fully saturated rings. The Kier molecular flexibility index (Phi) is 5.23. The average Bonchev–Trinajstić information content (AvgIpc) is 2.70. The Bertz CT molecular complexity index is 975. The molecule has 27 heavy (non-hydrogen) atoms. The van der Waals surface area contributed by atoms with Crippen LogP contribution >= 0.6 is 15.9 Å². The van der Waals surface area contributed by atoms with E-state index in [4.69, 9.17) is 0 Å². The van der Waals surface area contributed by atoms with E-state index in [1.54, 1.807) is 0 Å². The molecule has 1 aromatic heterocycles. The highest BCUT2D eigenvalue weighted by Gasteiger charge is 2.32. The lowest BCUT2D eigenvalue weighted by Gasteiger charge is -2.38. The van der Waals surface area contributed by atoms with Crippen molar-refractivity contribution in [1.82, 2.24) is 9.88 Å². The Labute approximate surface area is 167 Å². The minimum absolute atomic E-state index is 0.0279. The van der Waals surface area contributed by atoms with Crippen LogP contribution in [0.15, 0.2) is 65.3 Å². The summed E-state index contributed by atoms with van der Waals surface area (Å²) in [6.45, 7) is 1.43. The topological polar surface area (TPSA) is 53.4 Å². The molecule has 4 rings (SSSR count). The third kappa shape index (κ3) is 3.75. The number of pyridine rings is 1. The third-order valence-corrected chi connectivity index (χ3v) is 6.02. The van der Waals surface area contributed by atoms with Gasteiger partial charge in [-0.2, -0.15) is 0 Å². The predicted octanol–water partition coefficient (Wildman–Crippen LogP) is 4.88. The molecule has 5 heteroatoms. The molecule has 3 aromatic rings. The van der Waals surface area contributed by atoms with Crippen LogP contribution in [0.5, 0.6) is 0 Å². The number of halogens is 1. The zero-order valence-electron chi connectivity index (χ0n) is 14.9. The highest BCUT2D eigenvalue weighted by atomic mass is 79.9. The van der Waals surface area contributed by atoms with Crippen molar-refractivity contribution in [2.75, 3.05) is 13.1 Å². The molecule has 2 heterocycles. The lowest BCUT2D eigenvalue weighted by molar-refractivity contribution is -0.143. The molecule has 0 radical (unpaired) electrons. The minimum Gasteiger partial charge on any atom is -0.481 e. The zero-order valence-corrected chi connectivity index (χ0v) is 16.5. The molecule has 1 aliphatic rings. The van der Waals surface area contributed by atoms with Gasteiger partial charge in [-0.3, -0.25) is 14.7 Å². The molecule has 2 atom stereocenters. The van der Waals surface area contributed by atoms with E-state index in [1.807, 2.05) is 42.6 Å². The molecule has 0 amide bonds. The summed E-state index contributed by atoms with van der Waals surface area (Å²) in [5.74, 6) is -1.03. The normalized spacial score (nSPS) is 19.1. The van der Waals surface area contributed by atoms with Gasteiger partial charge < -0.3 is 5.11 Å². The van der Waals surface area contributed by atoms with Gasteiger partial charge in [-0.05, 0) is 48.7 Å². The van der Waals surface area contributed by atoms with Crippen LogP contribution in [-0.4, -0.2) is 34.0 Å². The lowest BCUT2D eigenvalue weighted by atomic mass is 9.91. The van der Waals surface area contributed by atoms with Gasteiger partial charge in [0.2, 0.25) is 0 Å². The van der Waals surface area contributed by atoms with Crippen molar-refractivity contribution in [3.63, 3.8) is 0 Å². The van der Waals surface area contributed by atoms with Gasteiger partial charge in [0, 0.05) is 22.6 Å². The lowest BCUT2D eigenvalue weighted by Crippen LogP contribution is -2.41. The van der Waals surface area contributed by atoms with Crippen molar-refractivity contribution < 1.29 is 9.90 Å². The van der Waals surface area contributed by atoms with Gasteiger partial charge in [-0.1, -0.05) is 52.3 Å². The van der Waals surface area contributed by atoms with Crippen molar-refractivity contribution in [3.05, 3.63) is 76.4 Å². The highest BCUT2D eigenvalue weighted by molar-refractivity contribution is 9.10. The van der Waals surface area contributed by atoms with E-state index in [0.717, 1.165) is 45.9 Å². The van der Waals surface area contributed by atoms with Crippen LogP contribution in [0.3, 0.4) is 0 Å². The Morgan fingerprint density at radius 2 is 1.96 bits per heavy atom. The summed E-state index contributed by atoms with van der Waals surface area (Å²) < 4.78 is 1.03. The molecule has 0 bridgehead atoms. The molecule has 2 aromatic carbocycles. The number of hydrogen-bond donors (Lipinski definition) is 1. The summed E-state index contributed by atoms with van der Waals surface area (Å²) in [7, 11) is 0. The Morgan fingerprint density at radius 1 is 1.19 bits per heavy atom. The van der Waals surface area contributed by atoms with Crippen LogP contribution in [0.25, 0.3) is 10.9 Å². The number of carboxylic acid groups (broad SMARTS) is 1. The van der Waals surface area contributed by atoms with Crippen LogP contribution in [0.2, 0.25) is 0 Å². The summed E-state index contributed by atoms with van der Waals surface area (Å²) in [5, 5.41) is 10.6. The number of carbonyl (C=O) groups is 1. The van der Waals surface area contributed by atoms with Gasteiger partial charge in [-0.15, -0.1) is 0 Å². The van der Waals surface area contributed by atoms with Gasteiger partial charge in [0.25, 0.3) is 0 Å². The van der Waals surface area contributed by atoms with Gasteiger partial charge in [0.15, 0.2) is 0 Å². The maximum atomic E-state index is 11.6. The molecule has 0 spiro atoms. The summed E-state index contributed by atoms with van der Waals surface area (Å²) in [4.78, 5) is 18.5. The molecule has 138 valence electrons. The zero-order chi connectivity index (χ0) is 18.8.